The zero-order valence-corrected chi connectivity index (χ0v) is 17.7. The van der Waals surface area contributed by atoms with Gasteiger partial charge in [0.25, 0.3) is 0 Å². The van der Waals surface area contributed by atoms with Crippen molar-refractivity contribution in [2.75, 3.05) is 37.6 Å². The number of benzene rings is 1. The Morgan fingerprint density at radius 2 is 1.86 bits per heavy atom. The number of thiophene rings is 1. The van der Waals surface area contributed by atoms with Gasteiger partial charge in [0, 0.05) is 32.7 Å². The molecule has 3 aromatic rings. The second kappa shape index (κ2) is 8.88. The van der Waals surface area contributed by atoms with E-state index in [0.717, 1.165) is 42.2 Å². The Hall–Kier alpha value is -2.51. The summed E-state index contributed by atoms with van der Waals surface area (Å²) >= 11 is 1.64. The van der Waals surface area contributed by atoms with Crippen molar-refractivity contribution in [2.24, 2.45) is 0 Å². The Kier molecular flexibility index (Phi) is 6.06. The molecular weight excluding hydrogens is 382 g/mol. The predicted octanol–water partition coefficient (Wildman–Crippen LogP) is 3.12. The molecule has 152 valence electrons. The molecule has 4 rings (SSSR count). The minimum absolute atomic E-state index is 0.100. The highest BCUT2D eigenvalue weighted by Gasteiger charge is 2.27. The molecule has 2 unspecified atom stereocenters. The smallest absolute Gasteiger partial charge is 0.237 e. The van der Waals surface area contributed by atoms with Crippen molar-refractivity contribution < 1.29 is 4.79 Å². The summed E-state index contributed by atoms with van der Waals surface area (Å²) in [6.07, 6.45) is 1.64. The Morgan fingerprint density at radius 1 is 1.10 bits per heavy atom. The average Bonchev–Trinajstić information content (AvgIpc) is 3.26. The van der Waals surface area contributed by atoms with E-state index >= 15 is 0 Å². The molecule has 6 nitrogen and oxygen atoms in total. The molecule has 3 heterocycles. The van der Waals surface area contributed by atoms with E-state index in [4.69, 9.17) is 0 Å². The van der Waals surface area contributed by atoms with Crippen molar-refractivity contribution in [1.29, 1.82) is 0 Å². The van der Waals surface area contributed by atoms with Crippen molar-refractivity contribution in [3.63, 3.8) is 0 Å². The molecule has 1 aliphatic heterocycles. The Morgan fingerprint density at radius 3 is 2.62 bits per heavy atom. The van der Waals surface area contributed by atoms with Crippen molar-refractivity contribution in [1.82, 2.24) is 20.2 Å². The third-order valence-corrected chi connectivity index (χ3v) is 6.55. The molecule has 0 bridgehead atoms. The highest BCUT2D eigenvalue weighted by Crippen LogP contribution is 2.27. The van der Waals surface area contributed by atoms with Gasteiger partial charge in [-0.25, -0.2) is 9.97 Å². The summed E-state index contributed by atoms with van der Waals surface area (Å²) in [5.41, 5.74) is 1.25. The van der Waals surface area contributed by atoms with Gasteiger partial charge >= 0.3 is 0 Å². The van der Waals surface area contributed by atoms with E-state index in [2.05, 4.69) is 55.6 Å². The van der Waals surface area contributed by atoms with Crippen LogP contribution >= 0.6 is 11.3 Å². The molecule has 1 N–H and O–H groups in total. The van der Waals surface area contributed by atoms with Crippen LogP contribution in [-0.2, 0) is 4.79 Å². The van der Waals surface area contributed by atoms with Gasteiger partial charge < -0.3 is 10.2 Å². The maximum Gasteiger partial charge on any atom is 0.237 e. The van der Waals surface area contributed by atoms with Crippen molar-refractivity contribution in [3.8, 4) is 0 Å². The molecule has 0 spiro atoms. The third-order valence-electron chi connectivity index (χ3n) is 5.73. The number of rotatable bonds is 6. The predicted molar refractivity (Wildman–Crippen MR) is 119 cm³/mol. The molecule has 1 aliphatic rings. The van der Waals surface area contributed by atoms with E-state index in [1.807, 2.05) is 25.1 Å². The van der Waals surface area contributed by atoms with Crippen LogP contribution in [-0.4, -0.2) is 59.5 Å². The van der Waals surface area contributed by atoms with Gasteiger partial charge in [-0.05, 0) is 29.9 Å². The zero-order chi connectivity index (χ0) is 20.2. The van der Waals surface area contributed by atoms with Gasteiger partial charge in [-0.15, -0.1) is 11.3 Å². The molecule has 29 heavy (non-hydrogen) atoms. The van der Waals surface area contributed by atoms with Gasteiger partial charge in [-0.2, -0.15) is 0 Å². The Balaban J connectivity index is 1.30. The first-order valence-corrected chi connectivity index (χ1v) is 11.0. The van der Waals surface area contributed by atoms with Crippen molar-refractivity contribution >= 4 is 33.3 Å². The van der Waals surface area contributed by atoms with Crippen LogP contribution in [0.2, 0.25) is 0 Å². The fraction of sp³-hybridized carbons (Fsp3) is 0.409. The van der Waals surface area contributed by atoms with Gasteiger partial charge in [-0.3, -0.25) is 9.69 Å². The van der Waals surface area contributed by atoms with Crippen molar-refractivity contribution in [2.45, 2.75) is 25.8 Å². The summed E-state index contributed by atoms with van der Waals surface area (Å²) in [6, 6.07) is 12.3. The van der Waals surface area contributed by atoms with E-state index in [1.54, 1.807) is 17.7 Å². The molecule has 0 radical (unpaired) electrons. The van der Waals surface area contributed by atoms with Gasteiger partial charge in [-0.1, -0.05) is 37.3 Å². The standard InChI is InChI=1S/C22H27N5OS/c1-16(18-6-4-3-5-7-18)14-23-21(28)17(2)26-9-11-27(12-10-26)20-19-8-13-29-22(19)25-15-24-20/h3-8,13,15-17H,9-12,14H2,1-2H3,(H,23,28). The van der Waals surface area contributed by atoms with Gasteiger partial charge in [0.1, 0.15) is 17.0 Å². The number of hydrogen-bond donors (Lipinski definition) is 1. The fourth-order valence-corrected chi connectivity index (χ4v) is 4.54. The maximum atomic E-state index is 12.7. The molecular formula is C22H27N5OS. The average molecular weight is 410 g/mol. The lowest BCUT2D eigenvalue weighted by Gasteiger charge is -2.38. The van der Waals surface area contributed by atoms with Crippen molar-refractivity contribution in [3.05, 3.63) is 53.7 Å². The summed E-state index contributed by atoms with van der Waals surface area (Å²) in [5.74, 6) is 1.41. The minimum Gasteiger partial charge on any atom is -0.354 e. The van der Waals surface area contributed by atoms with E-state index in [1.165, 1.54) is 5.56 Å². The number of fused-ring (bicyclic) bond motifs is 1. The minimum atomic E-state index is -0.133. The van der Waals surface area contributed by atoms with Crippen LogP contribution in [0.1, 0.15) is 25.3 Å². The van der Waals surface area contributed by atoms with E-state index in [0.29, 0.717) is 12.5 Å². The van der Waals surface area contributed by atoms with Crippen LogP contribution < -0.4 is 10.2 Å². The largest absolute Gasteiger partial charge is 0.354 e. The lowest BCUT2D eigenvalue weighted by atomic mass is 10.0. The highest BCUT2D eigenvalue weighted by atomic mass is 32.1. The number of anilines is 1. The van der Waals surface area contributed by atoms with Crippen LogP contribution in [0.4, 0.5) is 5.82 Å². The number of hydrogen-bond acceptors (Lipinski definition) is 6. The van der Waals surface area contributed by atoms with Gasteiger partial charge in [0.05, 0.1) is 11.4 Å². The summed E-state index contributed by atoms with van der Waals surface area (Å²) in [4.78, 5) is 27.1. The van der Waals surface area contributed by atoms with E-state index in [-0.39, 0.29) is 11.9 Å². The van der Waals surface area contributed by atoms with Gasteiger partial charge in [0.15, 0.2) is 0 Å². The normalized spacial score (nSPS) is 17.2. The van der Waals surface area contributed by atoms with E-state index in [9.17, 15) is 4.79 Å². The molecule has 7 heteroatoms. The van der Waals surface area contributed by atoms with Crippen LogP contribution in [0.5, 0.6) is 0 Å². The first-order chi connectivity index (χ1) is 14.1. The molecule has 1 amide bonds. The lowest BCUT2D eigenvalue weighted by molar-refractivity contribution is -0.126. The molecule has 2 atom stereocenters. The monoisotopic (exact) mass is 409 g/mol. The Bertz CT molecular complexity index is 952. The summed E-state index contributed by atoms with van der Waals surface area (Å²) in [5, 5.41) is 6.30. The molecule has 2 aromatic heterocycles. The number of nitrogens with one attached hydrogen (secondary N) is 1. The van der Waals surface area contributed by atoms with Gasteiger partial charge in [0.2, 0.25) is 5.91 Å². The van der Waals surface area contributed by atoms with Crippen LogP contribution in [0.3, 0.4) is 0 Å². The number of carbonyl (C=O) groups is 1. The number of amides is 1. The summed E-state index contributed by atoms with van der Waals surface area (Å²) in [7, 11) is 0. The summed E-state index contributed by atoms with van der Waals surface area (Å²) < 4.78 is 0. The quantitative estimate of drug-likeness (QED) is 0.678. The first-order valence-electron chi connectivity index (χ1n) is 10.1. The second-order valence-electron chi connectivity index (χ2n) is 7.59. The SMILES string of the molecule is CC(CNC(=O)C(C)N1CCN(c2ncnc3sccc23)CC1)c1ccccc1. The number of carbonyl (C=O) groups excluding carboxylic acids is 1. The molecule has 0 aliphatic carbocycles. The zero-order valence-electron chi connectivity index (χ0n) is 16.9. The van der Waals surface area contributed by atoms with Crippen LogP contribution in [0.25, 0.3) is 10.2 Å². The third kappa shape index (κ3) is 4.41. The number of aromatic nitrogens is 2. The molecule has 1 fully saturated rings. The second-order valence-corrected chi connectivity index (χ2v) is 8.49. The first kappa shape index (κ1) is 19.8. The molecule has 1 saturated heterocycles. The maximum absolute atomic E-state index is 12.7. The van der Waals surface area contributed by atoms with E-state index < -0.39 is 0 Å². The Labute approximate surface area is 175 Å². The van der Waals surface area contributed by atoms with Crippen LogP contribution in [0, 0.1) is 0 Å². The highest BCUT2D eigenvalue weighted by molar-refractivity contribution is 7.16. The topological polar surface area (TPSA) is 61.4 Å². The number of nitrogens with zero attached hydrogens (tertiary/aromatic N) is 4. The molecule has 1 aromatic carbocycles. The molecule has 0 saturated carbocycles. The number of piperazine rings is 1. The summed E-state index contributed by atoms with van der Waals surface area (Å²) in [6.45, 7) is 8.22. The fourth-order valence-electron chi connectivity index (χ4n) is 3.82. The van der Waals surface area contributed by atoms with Crippen LogP contribution in [0.15, 0.2) is 48.1 Å². The lowest BCUT2D eigenvalue weighted by Crippen LogP contribution is -2.54.